The number of ether oxygens (including phenoxy) is 1. The van der Waals surface area contributed by atoms with Crippen molar-refractivity contribution < 1.29 is 4.74 Å². The Morgan fingerprint density at radius 2 is 1.70 bits per heavy atom. The molecule has 27 heavy (non-hydrogen) atoms. The van der Waals surface area contributed by atoms with Gasteiger partial charge in [0.2, 0.25) is 0 Å². The number of anilines is 1. The predicted octanol–water partition coefficient (Wildman–Crippen LogP) is 5.47. The largest absolute Gasteiger partial charge is 0.497 e. The minimum absolute atomic E-state index is 0.601. The number of hydrogen-bond acceptors (Lipinski definition) is 3. The molecule has 0 heterocycles. The maximum Gasteiger partial charge on any atom is 0.171 e. The Morgan fingerprint density at radius 1 is 0.926 bits per heavy atom. The highest BCUT2D eigenvalue weighted by Crippen LogP contribution is 2.23. The Hall–Kier alpha value is -2.50. The van der Waals surface area contributed by atoms with E-state index in [1.54, 1.807) is 7.11 Å². The number of hydrogen-bond donors (Lipinski definition) is 2. The molecule has 0 fully saturated rings. The van der Waals surface area contributed by atoms with Gasteiger partial charge in [-0.2, -0.15) is 0 Å². The van der Waals surface area contributed by atoms with Gasteiger partial charge in [0.05, 0.1) is 7.11 Å². The second kappa shape index (κ2) is 10.00. The van der Waals surface area contributed by atoms with Crippen LogP contribution in [0.1, 0.15) is 11.1 Å². The molecule has 3 aromatic rings. The average molecular weight is 395 g/mol. The lowest BCUT2D eigenvalue weighted by atomic mass is 10.2. The summed E-state index contributed by atoms with van der Waals surface area (Å²) in [7, 11) is 1.67. The van der Waals surface area contributed by atoms with Crippen LogP contribution in [0.15, 0.2) is 83.8 Å². The fraction of sp³-hybridized carbons (Fsp3) is 0.136. The summed E-state index contributed by atoms with van der Waals surface area (Å²) in [6.45, 7) is 0.648. The Morgan fingerprint density at radius 3 is 2.44 bits per heavy atom. The second-order valence-electron chi connectivity index (χ2n) is 5.96. The zero-order valence-electron chi connectivity index (χ0n) is 15.1. The molecule has 138 valence electrons. The first kappa shape index (κ1) is 19.3. The van der Waals surface area contributed by atoms with Gasteiger partial charge in [0.25, 0.3) is 0 Å². The average Bonchev–Trinajstić information content (AvgIpc) is 2.73. The van der Waals surface area contributed by atoms with Crippen LogP contribution in [0.4, 0.5) is 5.69 Å². The zero-order chi connectivity index (χ0) is 18.9. The van der Waals surface area contributed by atoms with Crippen LogP contribution >= 0.6 is 24.0 Å². The monoisotopic (exact) mass is 394 g/mol. The molecule has 2 N–H and O–H groups in total. The van der Waals surface area contributed by atoms with E-state index in [2.05, 4.69) is 59.2 Å². The number of thiocarbonyl (C=S) groups is 1. The van der Waals surface area contributed by atoms with Crippen molar-refractivity contribution in [3.8, 4) is 5.75 Å². The molecule has 5 heteroatoms. The molecule has 3 rings (SSSR count). The molecule has 0 aliphatic carbocycles. The van der Waals surface area contributed by atoms with E-state index >= 15 is 0 Å². The van der Waals surface area contributed by atoms with E-state index in [9.17, 15) is 0 Å². The maximum absolute atomic E-state index is 5.39. The lowest BCUT2D eigenvalue weighted by Gasteiger charge is -2.12. The molecule has 3 aromatic carbocycles. The normalized spacial score (nSPS) is 10.3. The van der Waals surface area contributed by atoms with Crippen molar-refractivity contribution >= 4 is 34.8 Å². The highest BCUT2D eigenvalue weighted by Gasteiger charge is 2.01. The summed E-state index contributed by atoms with van der Waals surface area (Å²) < 4.78 is 5.24. The third-order valence-electron chi connectivity index (χ3n) is 3.95. The Kier molecular flexibility index (Phi) is 7.13. The number of rotatable bonds is 7. The Labute approximate surface area is 170 Å². The van der Waals surface area contributed by atoms with Crippen LogP contribution < -0.4 is 15.4 Å². The summed E-state index contributed by atoms with van der Waals surface area (Å²) in [6.07, 6.45) is 0. The first-order valence-corrected chi connectivity index (χ1v) is 10.1. The van der Waals surface area contributed by atoms with E-state index in [4.69, 9.17) is 17.0 Å². The third kappa shape index (κ3) is 6.31. The predicted molar refractivity (Wildman–Crippen MR) is 118 cm³/mol. The van der Waals surface area contributed by atoms with Gasteiger partial charge in [-0.05, 0) is 59.7 Å². The van der Waals surface area contributed by atoms with Gasteiger partial charge in [-0.3, -0.25) is 0 Å². The number of methoxy groups -OCH3 is 1. The minimum Gasteiger partial charge on any atom is -0.497 e. The van der Waals surface area contributed by atoms with E-state index in [1.165, 1.54) is 10.5 Å². The van der Waals surface area contributed by atoms with E-state index in [-0.39, 0.29) is 0 Å². The van der Waals surface area contributed by atoms with Gasteiger partial charge < -0.3 is 15.4 Å². The molecule has 0 unspecified atom stereocenters. The van der Waals surface area contributed by atoms with Crippen LogP contribution in [0.5, 0.6) is 5.75 Å². The summed E-state index contributed by atoms with van der Waals surface area (Å²) in [5.41, 5.74) is 3.38. The second-order valence-corrected chi connectivity index (χ2v) is 7.41. The van der Waals surface area contributed by atoms with Gasteiger partial charge in [0.15, 0.2) is 5.11 Å². The van der Waals surface area contributed by atoms with E-state index in [1.807, 2.05) is 42.1 Å². The molecule has 0 atom stereocenters. The fourth-order valence-corrected chi connectivity index (χ4v) is 3.57. The first-order chi connectivity index (χ1) is 13.2. The van der Waals surface area contributed by atoms with Gasteiger partial charge in [-0.25, -0.2) is 0 Å². The molecular formula is C22H22N2OS2. The van der Waals surface area contributed by atoms with Crippen LogP contribution in [0, 0.1) is 0 Å². The smallest absolute Gasteiger partial charge is 0.171 e. The number of benzene rings is 3. The van der Waals surface area contributed by atoms with E-state index in [0.29, 0.717) is 11.7 Å². The van der Waals surface area contributed by atoms with Crippen molar-refractivity contribution in [1.29, 1.82) is 0 Å². The van der Waals surface area contributed by atoms with Crippen molar-refractivity contribution in [3.63, 3.8) is 0 Å². The summed E-state index contributed by atoms with van der Waals surface area (Å²) in [5, 5.41) is 7.05. The standard InChI is InChI=1S/C22H22N2OS2/c1-25-20-7-5-6-18(14-20)15-23-22(26)24-19-12-10-17(11-13-19)16-27-21-8-3-2-4-9-21/h2-14H,15-16H2,1H3,(H2,23,24,26). The Bertz CT molecular complexity index is 867. The third-order valence-corrected chi connectivity index (χ3v) is 5.28. The molecule has 0 aliphatic rings. The first-order valence-electron chi connectivity index (χ1n) is 8.67. The van der Waals surface area contributed by atoms with Gasteiger partial charge in [-0.1, -0.05) is 42.5 Å². The van der Waals surface area contributed by atoms with Crippen molar-refractivity contribution in [2.45, 2.75) is 17.2 Å². The molecule has 0 bridgehead atoms. The molecule has 0 aliphatic heterocycles. The molecule has 0 aromatic heterocycles. The molecule has 0 saturated carbocycles. The lowest BCUT2D eigenvalue weighted by Crippen LogP contribution is -2.27. The maximum atomic E-state index is 5.39. The van der Waals surface area contributed by atoms with E-state index < -0.39 is 0 Å². The van der Waals surface area contributed by atoms with Crippen molar-refractivity contribution in [3.05, 3.63) is 90.0 Å². The number of thioether (sulfide) groups is 1. The minimum atomic E-state index is 0.601. The van der Waals surface area contributed by atoms with Gasteiger partial charge >= 0.3 is 0 Å². The summed E-state index contributed by atoms with van der Waals surface area (Å²) in [4.78, 5) is 1.28. The summed E-state index contributed by atoms with van der Waals surface area (Å²) >= 11 is 7.22. The molecule has 0 radical (unpaired) electrons. The van der Waals surface area contributed by atoms with Crippen LogP contribution in [0.3, 0.4) is 0 Å². The summed E-state index contributed by atoms with van der Waals surface area (Å²) in [6, 6.07) is 26.7. The lowest BCUT2D eigenvalue weighted by molar-refractivity contribution is 0.414. The zero-order valence-corrected chi connectivity index (χ0v) is 16.8. The van der Waals surface area contributed by atoms with Crippen molar-refractivity contribution in [1.82, 2.24) is 5.32 Å². The van der Waals surface area contributed by atoms with Crippen LogP contribution in [0.25, 0.3) is 0 Å². The Balaban J connectivity index is 1.46. The van der Waals surface area contributed by atoms with Crippen molar-refractivity contribution in [2.75, 3.05) is 12.4 Å². The molecule has 0 spiro atoms. The molecule has 3 nitrogen and oxygen atoms in total. The van der Waals surface area contributed by atoms with E-state index in [0.717, 1.165) is 22.8 Å². The molecular weight excluding hydrogens is 372 g/mol. The van der Waals surface area contributed by atoms with Gasteiger partial charge in [0, 0.05) is 22.9 Å². The van der Waals surface area contributed by atoms with Crippen LogP contribution in [0.2, 0.25) is 0 Å². The quantitative estimate of drug-likeness (QED) is 0.410. The van der Waals surface area contributed by atoms with Gasteiger partial charge in [-0.15, -0.1) is 11.8 Å². The van der Waals surface area contributed by atoms with Crippen LogP contribution in [-0.4, -0.2) is 12.2 Å². The van der Waals surface area contributed by atoms with Gasteiger partial charge in [0.1, 0.15) is 5.75 Å². The summed E-state index contributed by atoms with van der Waals surface area (Å²) in [5.74, 6) is 1.79. The highest BCUT2D eigenvalue weighted by molar-refractivity contribution is 7.98. The molecule has 0 amide bonds. The highest BCUT2D eigenvalue weighted by atomic mass is 32.2. The number of nitrogens with one attached hydrogen (secondary N) is 2. The topological polar surface area (TPSA) is 33.3 Å². The molecule has 0 saturated heterocycles. The SMILES string of the molecule is COc1cccc(CNC(=S)Nc2ccc(CSc3ccccc3)cc2)c1. The van der Waals surface area contributed by atoms with Crippen molar-refractivity contribution in [2.24, 2.45) is 0 Å². The fourth-order valence-electron chi connectivity index (χ4n) is 2.51. The van der Waals surface area contributed by atoms with Crippen LogP contribution in [-0.2, 0) is 12.3 Å².